The standard InChI is InChI=1S/C13H18ClN3O2/c1-16-7-3-2-4-11(16)9-15-13-6-5-10(17(18)19)8-12(13)14/h5-6,8,11,15H,2-4,7,9H2,1H3. The minimum Gasteiger partial charge on any atom is -0.382 e. The zero-order valence-electron chi connectivity index (χ0n) is 10.9. The molecule has 5 nitrogen and oxygen atoms in total. The molecule has 0 spiro atoms. The van der Waals surface area contributed by atoms with Gasteiger partial charge < -0.3 is 10.2 Å². The van der Waals surface area contributed by atoms with Crippen LogP contribution in [0.4, 0.5) is 11.4 Å². The average Bonchev–Trinajstić information content (AvgIpc) is 2.39. The first-order chi connectivity index (χ1) is 9.08. The average molecular weight is 284 g/mol. The number of rotatable bonds is 4. The third kappa shape index (κ3) is 3.58. The van der Waals surface area contributed by atoms with E-state index in [2.05, 4.69) is 17.3 Å². The van der Waals surface area contributed by atoms with Crippen LogP contribution in [-0.4, -0.2) is 36.0 Å². The fourth-order valence-electron chi connectivity index (χ4n) is 2.39. The van der Waals surface area contributed by atoms with Gasteiger partial charge in [-0.15, -0.1) is 0 Å². The zero-order valence-corrected chi connectivity index (χ0v) is 11.7. The molecule has 1 N–H and O–H groups in total. The van der Waals surface area contributed by atoms with Crippen molar-refractivity contribution in [2.24, 2.45) is 0 Å². The first-order valence-corrected chi connectivity index (χ1v) is 6.84. The maximum atomic E-state index is 10.6. The molecule has 0 saturated carbocycles. The van der Waals surface area contributed by atoms with Crippen molar-refractivity contribution >= 4 is 23.0 Å². The van der Waals surface area contributed by atoms with E-state index in [1.54, 1.807) is 6.07 Å². The van der Waals surface area contributed by atoms with E-state index >= 15 is 0 Å². The highest BCUT2D eigenvalue weighted by Gasteiger charge is 2.19. The lowest BCUT2D eigenvalue weighted by Crippen LogP contribution is -2.40. The third-order valence-electron chi connectivity index (χ3n) is 3.61. The Bertz CT molecular complexity index is 467. The highest BCUT2D eigenvalue weighted by Crippen LogP contribution is 2.27. The molecule has 0 bridgehead atoms. The number of likely N-dealkylation sites (tertiary alicyclic amines) is 1. The first kappa shape index (κ1) is 14.1. The van der Waals surface area contributed by atoms with Crippen LogP contribution in [0.1, 0.15) is 19.3 Å². The van der Waals surface area contributed by atoms with Crippen LogP contribution in [0.25, 0.3) is 0 Å². The first-order valence-electron chi connectivity index (χ1n) is 6.46. The van der Waals surface area contributed by atoms with E-state index in [-0.39, 0.29) is 5.69 Å². The Balaban J connectivity index is 1.97. The van der Waals surface area contributed by atoms with Gasteiger partial charge in [-0.1, -0.05) is 18.0 Å². The molecule has 0 amide bonds. The summed E-state index contributed by atoms with van der Waals surface area (Å²) in [4.78, 5) is 12.5. The van der Waals surface area contributed by atoms with Crippen molar-refractivity contribution < 1.29 is 4.92 Å². The van der Waals surface area contributed by atoms with E-state index in [0.717, 1.165) is 18.8 Å². The summed E-state index contributed by atoms with van der Waals surface area (Å²) < 4.78 is 0. The smallest absolute Gasteiger partial charge is 0.271 e. The Morgan fingerprint density at radius 1 is 1.53 bits per heavy atom. The second kappa shape index (κ2) is 6.21. The molecule has 1 aromatic rings. The van der Waals surface area contributed by atoms with E-state index in [1.807, 2.05) is 0 Å². The van der Waals surface area contributed by atoms with Crippen LogP contribution in [0, 0.1) is 10.1 Å². The third-order valence-corrected chi connectivity index (χ3v) is 3.93. The molecule has 104 valence electrons. The van der Waals surface area contributed by atoms with Gasteiger partial charge in [0.25, 0.3) is 5.69 Å². The maximum Gasteiger partial charge on any atom is 0.271 e. The normalized spacial score (nSPS) is 20.2. The van der Waals surface area contributed by atoms with E-state index in [9.17, 15) is 10.1 Å². The van der Waals surface area contributed by atoms with Gasteiger partial charge in [-0.2, -0.15) is 0 Å². The predicted octanol–water partition coefficient (Wildman–Crippen LogP) is 3.14. The van der Waals surface area contributed by atoms with Gasteiger partial charge in [0.15, 0.2) is 0 Å². The number of nitrogens with one attached hydrogen (secondary N) is 1. The number of non-ortho nitro benzene ring substituents is 1. The lowest BCUT2D eigenvalue weighted by atomic mass is 10.0. The number of hydrogen-bond acceptors (Lipinski definition) is 4. The molecule has 1 unspecified atom stereocenters. The molecular weight excluding hydrogens is 266 g/mol. The number of halogens is 1. The number of nitro benzene ring substituents is 1. The van der Waals surface area contributed by atoms with Crippen molar-refractivity contribution in [3.8, 4) is 0 Å². The van der Waals surface area contributed by atoms with Crippen LogP contribution < -0.4 is 5.32 Å². The highest BCUT2D eigenvalue weighted by molar-refractivity contribution is 6.33. The molecule has 1 atom stereocenters. The maximum absolute atomic E-state index is 10.6. The van der Waals surface area contributed by atoms with Crippen molar-refractivity contribution in [2.45, 2.75) is 25.3 Å². The lowest BCUT2D eigenvalue weighted by molar-refractivity contribution is -0.384. The van der Waals surface area contributed by atoms with E-state index in [0.29, 0.717) is 11.1 Å². The van der Waals surface area contributed by atoms with Crippen molar-refractivity contribution in [3.63, 3.8) is 0 Å². The fourth-order valence-corrected chi connectivity index (χ4v) is 2.63. The quantitative estimate of drug-likeness (QED) is 0.681. The van der Waals surface area contributed by atoms with Crippen LogP contribution in [-0.2, 0) is 0 Å². The second-order valence-corrected chi connectivity index (χ2v) is 5.34. The molecule has 1 fully saturated rings. The van der Waals surface area contributed by atoms with Crippen molar-refractivity contribution in [2.75, 3.05) is 25.5 Å². The molecule has 2 rings (SSSR count). The summed E-state index contributed by atoms with van der Waals surface area (Å²) in [5.74, 6) is 0. The molecule has 1 heterocycles. The van der Waals surface area contributed by atoms with Crippen molar-refractivity contribution in [1.82, 2.24) is 4.90 Å². The molecule has 6 heteroatoms. The Kier molecular flexibility index (Phi) is 4.61. The van der Waals surface area contributed by atoms with Gasteiger partial charge in [0, 0.05) is 24.7 Å². The predicted molar refractivity (Wildman–Crippen MR) is 76.9 cm³/mol. The summed E-state index contributed by atoms with van der Waals surface area (Å²) in [6.07, 6.45) is 3.68. The van der Waals surface area contributed by atoms with Gasteiger partial charge in [0.1, 0.15) is 0 Å². The number of anilines is 1. The number of nitro groups is 1. The van der Waals surface area contributed by atoms with E-state index in [1.165, 1.54) is 31.4 Å². The van der Waals surface area contributed by atoms with E-state index < -0.39 is 4.92 Å². The zero-order chi connectivity index (χ0) is 13.8. The molecule has 0 aliphatic carbocycles. The number of nitrogens with zero attached hydrogens (tertiary/aromatic N) is 2. The summed E-state index contributed by atoms with van der Waals surface area (Å²) >= 11 is 6.05. The van der Waals surface area contributed by atoms with Gasteiger partial charge >= 0.3 is 0 Å². The summed E-state index contributed by atoms with van der Waals surface area (Å²) in [5.41, 5.74) is 0.775. The van der Waals surface area contributed by atoms with Gasteiger partial charge in [-0.3, -0.25) is 10.1 Å². The molecule has 0 aromatic heterocycles. The largest absolute Gasteiger partial charge is 0.382 e. The van der Waals surface area contributed by atoms with Crippen LogP contribution in [0.2, 0.25) is 5.02 Å². The Labute approximate surface area is 117 Å². The van der Waals surface area contributed by atoms with Crippen LogP contribution in [0.15, 0.2) is 18.2 Å². The molecule has 1 aliphatic rings. The molecular formula is C13H18ClN3O2. The van der Waals surface area contributed by atoms with Gasteiger partial charge in [0.05, 0.1) is 15.6 Å². The number of hydrogen-bond donors (Lipinski definition) is 1. The monoisotopic (exact) mass is 283 g/mol. The summed E-state index contributed by atoms with van der Waals surface area (Å²) in [6.45, 7) is 1.94. The summed E-state index contributed by atoms with van der Waals surface area (Å²) in [7, 11) is 2.13. The molecule has 0 radical (unpaired) electrons. The number of benzene rings is 1. The van der Waals surface area contributed by atoms with Gasteiger partial charge in [-0.25, -0.2) is 0 Å². The highest BCUT2D eigenvalue weighted by atomic mass is 35.5. The van der Waals surface area contributed by atoms with Crippen LogP contribution in [0.3, 0.4) is 0 Å². The fraction of sp³-hybridized carbons (Fsp3) is 0.538. The number of likely N-dealkylation sites (N-methyl/N-ethyl adjacent to an activating group) is 1. The van der Waals surface area contributed by atoms with Crippen molar-refractivity contribution in [3.05, 3.63) is 33.3 Å². The Hall–Kier alpha value is -1.33. The summed E-state index contributed by atoms with van der Waals surface area (Å²) in [6, 6.07) is 5.02. The Morgan fingerprint density at radius 3 is 2.95 bits per heavy atom. The lowest BCUT2D eigenvalue weighted by Gasteiger charge is -2.32. The van der Waals surface area contributed by atoms with E-state index in [4.69, 9.17) is 11.6 Å². The molecule has 1 aliphatic heterocycles. The summed E-state index contributed by atoms with van der Waals surface area (Å²) in [5, 5.41) is 14.3. The minimum absolute atomic E-state index is 0.0188. The SMILES string of the molecule is CN1CCCCC1CNc1ccc([N+](=O)[O-])cc1Cl. The van der Waals surface area contributed by atoms with Gasteiger partial charge in [-0.05, 0) is 32.5 Å². The number of piperidine rings is 1. The molecule has 1 aromatic carbocycles. The minimum atomic E-state index is -0.440. The van der Waals surface area contributed by atoms with Crippen molar-refractivity contribution in [1.29, 1.82) is 0 Å². The molecule has 19 heavy (non-hydrogen) atoms. The molecule has 1 saturated heterocycles. The Morgan fingerprint density at radius 2 is 2.32 bits per heavy atom. The van der Waals surface area contributed by atoms with Crippen LogP contribution >= 0.6 is 11.6 Å². The second-order valence-electron chi connectivity index (χ2n) is 4.93. The van der Waals surface area contributed by atoms with Crippen LogP contribution in [0.5, 0.6) is 0 Å². The van der Waals surface area contributed by atoms with Gasteiger partial charge in [0.2, 0.25) is 0 Å². The topological polar surface area (TPSA) is 58.4 Å².